The predicted molar refractivity (Wildman–Crippen MR) is 261 cm³/mol. The van der Waals surface area contributed by atoms with Gasteiger partial charge in [0.2, 0.25) is 47.3 Å². The maximum absolute atomic E-state index is 14.6. The first kappa shape index (κ1) is 54.5. The van der Waals surface area contributed by atoms with E-state index in [0.717, 1.165) is 9.80 Å². The number of hydrogen-bond acceptors (Lipinski definition) is 10. The Kier molecular flexibility index (Phi) is 19.7. The zero-order valence-electron chi connectivity index (χ0n) is 40.3. The van der Waals surface area contributed by atoms with Crippen LogP contribution in [0.15, 0.2) is 121 Å². The van der Waals surface area contributed by atoms with Gasteiger partial charge in [0.05, 0.1) is 0 Å². The minimum Gasteiger partial charge on any atom is -0.480 e. The Hall–Kier alpha value is -8.42. The minimum absolute atomic E-state index is 0.145. The first-order valence-corrected chi connectivity index (χ1v) is 23.3. The van der Waals surface area contributed by atoms with Crippen molar-refractivity contribution in [1.82, 2.24) is 41.7 Å². The fraction of sp³-hybridized carbons (Fsp3) is 0.346. The van der Waals surface area contributed by atoms with E-state index in [4.69, 9.17) is 0 Å². The van der Waals surface area contributed by atoms with Crippen molar-refractivity contribution in [3.63, 3.8) is 0 Å². The van der Waals surface area contributed by atoms with Gasteiger partial charge >= 0.3 is 11.9 Å². The second-order valence-electron chi connectivity index (χ2n) is 17.5. The largest absolute Gasteiger partial charge is 0.480 e. The van der Waals surface area contributed by atoms with E-state index in [1.807, 2.05) is 0 Å². The van der Waals surface area contributed by atoms with Crippen molar-refractivity contribution in [3.8, 4) is 0 Å². The molecule has 0 bridgehead atoms. The molecule has 1 fully saturated rings. The zero-order valence-corrected chi connectivity index (χ0v) is 40.3. The van der Waals surface area contributed by atoms with Crippen molar-refractivity contribution < 1.29 is 58.2 Å². The maximum Gasteiger partial charge on any atom is 0.323 e. The van der Waals surface area contributed by atoms with Gasteiger partial charge in [0.25, 0.3) is 0 Å². The number of benzene rings is 4. The van der Waals surface area contributed by atoms with E-state index >= 15 is 0 Å². The normalized spacial score (nSPS) is 23.6. The molecule has 72 heavy (non-hydrogen) atoms. The fourth-order valence-corrected chi connectivity index (χ4v) is 7.94. The Morgan fingerprint density at radius 3 is 0.889 bits per heavy atom. The molecule has 0 saturated carbocycles. The summed E-state index contributed by atoms with van der Waals surface area (Å²) in [5.74, 6) is -10.5. The predicted octanol–water partition coefficient (Wildman–Crippen LogP) is 0.523. The third-order valence-electron chi connectivity index (χ3n) is 12.0. The molecule has 380 valence electrons. The summed E-state index contributed by atoms with van der Waals surface area (Å²) >= 11 is 0. The molecule has 0 unspecified atom stereocenters. The molecule has 8 N–H and O–H groups in total. The molecule has 4 aromatic carbocycles. The first-order chi connectivity index (χ1) is 34.3. The van der Waals surface area contributed by atoms with Crippen LogP contribution < -0.4 is 31.9 Å². The molecule has 5 rings (SSSR count). The lowest BCUT2D eigenvalue weighted by Crippen LogP contribution is -2.62. The van der Waals surface area contributed by atoms with Gasteiger partial charge in [-0.2, -0.15) is 0 Å². The van der Waals surface area contributed by atoms with Crippen LogP contribution in [0.5, 0.6) is 0 Å². The summed E-state index contributed by atoms with van der Waals surface area (Å²) in [6.07, 6.45) is -0.683. The van der Waals surface area contributed by atoms with E-state index in [1.54, 1.807) is 121 Å². The van der Waals surface area contributed by atoms with Gasteiger partial charge in [-0.1, -0.05) is 121 Å². The third-order valence-corrected chi connectivity index (χ3v) is 12.0. The summed E-state index contributed by atoms with van der Waals surface area (Å²) < 4.78 is 0. The van der Waals surface area contributed by atoms with Gasteiger partial charge in [0, 0.05) is 25.7 Å². The molecule has 1 aliphatic heterocycles. The zero-order chi connectivity index (χ0) is 52.5. The van der Waals surface area contributed by atoms with E-state index < -0.39 is 121 Å². The van der Waals surface area contributed by atoms with Crippen molar-refractivity contribution >= 4 is 59.2 Å². The number of amides is 8. The van der Waals surface area contributed by atoms with Gasteiger partial charge in [-0.15, -0.1) is 0 Å². The average molecular weight is 989 g/mol. The number of nitrogens with one attached hydrogen (secondary N) is 6. The van der Waals surface area contributed by atoms with Crippen LogP contribution >= 0.6 is 0 Å². The molecule has 0 aliphatic carbocycles. The Bertz CT molecular complexity index is 2390. The maximum atomic E-state index is 14.6. The lowest BCUT2D eigenvalue weighted by molar-refractivity contribution is -0.150. The van der Waals surface area contributed by atoms with Gasteiger partial charge in [0.1, 0.15) is 61.4 Å². The second-order valence-corrected chi connectivity index (χ2v) is 17.5. The number of carbonyl (C=O) groups excluding carboxylic acids is 8. The van der Waals surface area contributed by atoms with Gasteiger partial charge < -0.3 is 51.9 Å². The van der Waals surface area contributed by atoms with Crippen molar-refractivity contribution in [3.05, 3.63) is 144 Å². The highest BCUT2D eigenvalue weighted by Crippen LogP contribution is 2.15. The highest BCUT2D eigenvalue weighted by Gasteiger charge is 2.39. The van der Waals surface area contributed by atoms with Crippen molar-refractivity contribution in [2.45, 2.75) is 102 Å². The number of carboxylic acids is 2. The minimum atomic E-state index is -1.58. The topological polar surface area (TPSA) is 290 Å². The Balaban J connectivity index is 1.60. The van der Waals surface area contributed by atoms with Gasteiger partial charge in [0.15, 0.2) is 0 Å². The summed E-state index contributed by atoms with van der Waals surface area (Å²) in [5, 5.41) is 35.6. The van der Waals surface area contributed by atoms with Crippen LogP contribution in [-0.4, -0.2) is 141 Å². The number of rotatable bonds is 12. The first-order valence-electron chi connectivity index (χ1n) is 23.3. The molecule has 0 spiro atoms. The number of nitrogens with zero attached hydrogens (tertiary/aromatic N) is 2. The van der Waals surface area contributed by atoms with Crippen LogP contribution in [0.4, 0.5) is 0 Å². The summed E-state index contributed by atoms with van der Waals surface area (Å²) in [6.45, 7) is 3.09. The lowest BCUT2D eigenvalue weighted by atomic mass is 10.0. The summed E-state index contributed by atoms with van der Waals surface area (Å²) in [4.78, 5) is 140. The van der Waals surface area contributed by atoms with Crippen LogP contribution in [-0.2, 0) is 73.6 Å². The summed E-state index contributed by atoms with van der Waals surface area (Å²) in [6, 6.07) is 21.8. The molecular formula is C52H60N8O12. The van der Waals surface area contributed by atoms with E-state index in [1.165, 1.54) is 27.7 Å². The molecule has 0 aromatic heterocycles. The standard InChI is InChI=1S/C52H60N8O12/c1-31-45(65)57-41(27-37-21-13-7-14-22-37)51(71)59(29-43(61)62)34(4)48(68)56-40(26-36-19-11-6-12-20-36)50(70)54-32(2)46(66)58-42(28-38-23-15-8-16-24-38)52(72)60(30-44(63)64)33(3)47(67)55-39(49(69)53-31)25-35-17-9-5-10-18-35/h5-24,31-34,39-42H,25-30H2,1-4H3,(H,53,69)(H,54,70)(H,55,67)(H,56,68)(H,57,65)(H,58,66)(H,61,62)(H,63,64)/t31-,32-,33-,34-,39+,40+,41+,42+/m1/s1. The molecule has 0 radical (unpaired) electrons. The van der Waals surface area contributed by atoms with E-state index in [-0.39, 0.29) is 25.7 Å². The Morgan fingerprint density at radius 1 is 0.375 bits per heavy atom. The van der Waals surface area contributed by atoms with Crippen LogP contribution in [0.1, 0.15) is 49.9 Å². The van der Waals surface area contributed by atoms with Gasteiger partial charge in [-0.3, -0.25) is 47.9 Å². The van der Waals surface area contributed by atoms with Crippen LogP contribution in [0.25, 0.3) is 0 Å². The molecule has 8 amide bonds. The monoisotopic (exact) mass is 988 g/mol. The quantitative estimate of drug-likeness (QED) is 0.0965. The van der Waals surface area contributed by atoms with Crippen LogP contribution in [0.2, 0.25) is 0 Å². The van der Waals surface area contributed by atoms with Crippen molar-refractivity contribution in [1.29, 1.82) is 0 Å². The second kappa shape index (κ2) is 26.0. The highest BCUT2D eigenvalue weighted by molar-refractivity contribution is 6.00. The van der Waals surface area contributed by atoms with E-state index in [9.17, 15) is 58.2 Å². The number of carboxylic acid groups (broad SMARTS) is 2. The molecule has 1 aliphatic rings. The smallest absolute Gasteiger partial charge is 0.323 e. The third kappa shape index (κ3) is 15.8. The van der Waals surface area contributed by atoms with Gasteiger partial charge in [-0.25, -0.2) is 0 Å². The average Bonchev–Trinajstić information content (AvgIpc) is 3.36. The molecule has 1 saturated heterocycles. The SMILES string of the molecule is C[C@@H]1C(=O)N[C@@H](Cc2ccccc2)C(=O)N[C@H](C)C(=O)N[C@@H](Cc2ccccc2)C(=O)N(CC(=O)O)[C@H](C)C(=O)N[C@@H](Cc2ccccc2)C(=O)N[C@H](C)C(=O)N[C@@H](Cc2ccccc2)C(=O)N1CC(=O)O. The summed E-state index contributed by atoms with van der Waals surface area (Å²) in [7, 11) is 0. The van der Waals surface area contributed by atoms with Crippen molar-refractivity contribution in [2.75, 3.05) is 13.1 Å². The van der Waals surface area contributed by atoms with Crippen LogP contribution in [0.3, 0.4) is 0 Å². The number of hydrogen-bond donors (Lipinski definition) is 8. The Labute approximate surface area is 416 Å². The Morgan fingerprint density at radius 2 is 0.625 bits per heavy atom. The molecule has 4 aromatic rings. The van der Waals surface area contributed by atoms with E-state index in [2.05, 4.69) is 31.9 Å². The number of aliphatic carboxylic acids is 2. The molecule has 1 heterocycles. The van der Waals surface area contributed by atoms with Crippen molar-refractivity contribution in [2.24, 2.45) is 0 Å². The highest BCUT2D eigenvalue weighted by atomic mass is 16.4. The van der Waals surface area contributed by atoms with Crippen LogP contribution in [0, 0.1) is 0 Å². The van der Waals surface area contributed by atoms with E-state index in [0.29, 0.717) is 22.3 Å². The lowest BCUT2D eigenvalue weighted by Gasteiger charge is -2.33. The number of carbonyl (C=O) groups is 10. The van der Waals surface area contributed by atoms with Gasteiger partial charge in [-0.05, 0) is 49.9 Å². The summed E-state index contributed by atoms with van der Waals surface area (Å²) in [5.41, 5.74) is 2.20. The fourth-order valence-electron chi connectivity index (χ4n) is 7.94. The molecule has 8 atom stereocenters. The molecular weight excluding hydrogens is 929 g/mol. The molecule has 20 heteroatoms. The molecule has 20 nitrogen and oxygen atoms in total.